The fraction of sp³-hybridized carbons (Fsp3) is 0.316. The zero-order valence-electron chi connectivity index (χ0n) is 14.6. The summed E-state index contributed by atoms with van der Waals surface area (Å²) in [5.41, 5.74) is 2.58. The molecule has 0 spiro atoms. The number of rotatable bonds is 8. The molecule has 0 saturated carbocycles. The van der Waals surface area contributed by atoms with Gasteiger partial charge in [0.1, 0.15) is 6.54 Å². The lowest BCUT2D eigenvalue weighted by Gasteiger charge is -2.24. The molecule has 0 radical (unpaired) electrons. The normalized spacial score (nSPS) is 11.1. The van der Waals surface area contributed by atoms with Gasteiger partial charge in [-0.25, -0.2) is 8.42 Å². The second-order valence-corrected chi connectivity index (χ2v) is 7.74. The van der Waals surface area contributed by atoms with Gasteiger partial charge in [-0.1, -0.05) is 55.5 Å². The largest absolute Gasteiger partial charge is 0.354 e. The van der Waals surface area contributed by atoms with Gasteiger partial charge in [-0.15, -0.1) is 0 Å². The van der Waals surface area contributed by atoms with Gasteiger partial charge < -0.3 is 5.32 Å². The van der Waals surface area contributed by atoms with Gasteiger partial charge in [0.05, 0.1) is 11.9 Å². The quantitative estimate of drug-likeness (QED) is 0.786. The van der Waals surface area contributed by atoms with Gasteiger partial charge in [0.25, 0.3) is 0 Å². The van der Waals surface area contributed by atoms with Gasteiger partial charge in [0.15, 0.2) is 0 Å². The molecule has 0 heterocycles. The van der Waals surface area contributed by atoms with Gasteiger partial charge in [-0.2, -0.15) is 0 Å². The highest BCUT2D eigenvalue weighted by atomic mass is 32.2. The van der Waals surface area contributed by atoms with Crippen LogP contribution in [0.3, 0.4) is 0 Å². The van der Waals surface area contributed by atoms with E-state index in [1.54, 1.807) is 12.1 Å². The highest BCUT2D eigenvalue weighted by Gasteiger charge is 2.22. The van der Waals surface area contributed by atoms with Gasteiger partial charge in [-0.05, 0) is 30.0 Å². The Morgan fingerprint density at radius 3 is 2.32 bits per heavy atom. The Bertz CT molecular complexity index is 804. The number of anilines is 1. The van der Waals surface area contributed by atoms with Gasteiger partial charge in [0, 0.05) is 6.54 Å². The highest BCUT2D eigenvalue weighted by Crippen LogP contribution is 2.23. The van der Waals surface area contributed by atoms with Crippen LogP contribution >= 0.6 is 0 Å². The summed E-state index contributed by atoms with van der Waals surface area (Å²) in [5.74, 6) is -0.313. The predicted octanol–water partition coefficient (Wildman–Crippen LogP) is 2.37. The lowest BCUT2D eigenvalue weighted by Crippen LogP contribution is -2.41. The second-order valence-electron chi connectivity index (χ2n) is 5.84. The van der Waals surface area contributed by atoms with Crippen LogP contribution < -0.4 is 9.62 Å². The van der Waals surface area contributed by atoms with Crippen LogP contribution in [0.1, 0.15) is 18.1 Å². The van der Waals surface area contributed by atoms with E-state index in [9.17, 15) is 13.2 Å². The molecule has 0 saturated heterocycles. The minimum absolute atomic E-state index is 0.218. The van der Waals surface area contributed by atoms with E-state index in [-0.39, 0.29) is 12.5 Å². The summed E-state index contributed by atoms with van der Waals surface area (Å²) in [7, 11) is -3.55. The van der Waals surface area contributed by atoms with E-state index >= 15 is 0 Å². The number of hydrogen-bond donors (Lipinski definition) is 1. The summed E-state index contributed by atoms with van der Waals surface area (Å²) in [4.78, 5) is 12.2. The third-order valence-corrected chi connectivity index (χ3v) is 5.03. The zero-order chi connectivity index (χ0) is 18.3. The average Bonchev–Trinajstić information content (AvgIpc) is 2.59. The molecule has 0 bridgehead atoms. The molecule has 0 unspecified atom stereocenters. The van der Waals surface area contributed by atoms with E-state index in [1.165, 1.54) is 4.31 Å². The lowest BCUT2D eigenvalue weighted by atomic mass is 10.1. The van der Waals surface area contributed by atoms with Crippen molar-refractivity contribution in [3.05, 3.63) is 65.7 Å². The van der Waals surface area contributed by atoms with Crippen molar-refractivity contribution in [1.29, 1.82) is 0 Å². The molecule has 25 heavy (non-hydrogen) atoms. The molecule has 0 fully saturated rings. The van der Waals surface area contributed by atoms with Crippen LogP contribution in [-0.2, 0) is 27.7 Å². The number of carbonyl (C=O) groups excluding carboxylic acids is 1. The molecule has 0 aliphatic carbocycles. The van der Waals surface area contributed by atoms with E-state index in [0.29, 0.717) is 25.1 Å². The van der Waals surface area contributed by atoms with Crippen molar-refractivity contribution in [3.8, 4) is 0 Å². The number of carbonyl (C=O) groups is 1. The monoisotopic (exact) mass is 360 g/mol. The van der Waals surface area contributed by atoms with Crippen LogP contribution in [0, 0.1) is 0 Å². The molecule has 134 valence electrons. The predicted molar refractivity (Wildman–Crippen MR) is 101 cm³/mol. The Morgan fingerprint density at radius 1 is 1.04 bits per heavy atom. The molecule has 2 aromatic rings. The van der Waals surface area contributed by atoms with Crippen LogP contribution in [0.25, 0.3) is 0 Å². The molecule has 0 atom stereocenters. The summed E-state index contributed by atoms with van der Waals surface area (Å²) in [6.45, 7) is 2.21. The fourth-order valence-electron chi connectivity index (χ4n) is 2.61. The first-order valence-electron chi connectivity index (χ1n) is 8.28. The first-order valence-corrected chi connectivity index (χ1v) is 10.1. The van der Waals surface area contributed by atoms with Crippen molar-refractivity contribution in [2.75, 3.05) is 23.7 Å². The van der Waals surface area contributed by atoms with Gasteiger partial charge in [0.2, 0.25) is 15.9 Å². The van der Waals surface area contributed by atoms with Crippen molar-refractivity contribution in [2.24, 2.45) is 0 Å². The van der Waals surface area contributed by atoms with Crippen LogP contribution in [0.15, 0.2) is 54.6 Å². The molecule has 1 N–H and O–H groups in total. The number of sulfonamides is 1. The number of benzene rings is 2. The summed E-state index contributed by atoms with van der Waals surface area (Å²) >= 11 is 0. The summed E-state index contributed by atoms with van der Waals surface area (Å²) < 4.78 is 25.5. The summed E-state index contributed by atoms with van der Waals surface area (Å²) in [6.07, 6.45) is 2.52. The van der Waals surface area contributed by atoms with Gasteiger partial charge in [-0.3, -0.25) is 9.10 Å². The maximum Gasteiger partial charge on any atom is 0.240 e. The van der Waals surface area contributed by atoms with E-state index in [0.717, 1.165) is 17.4 Å². The average molecular weight is 360 g/mol. The first-order chi connectivity index (χ1) is 11.9. The highest BCUT2D eigenvalue weighted by molar-refractivity contribution is 7.92. The number of hydrogen-bond acceptors (Lipinski definition) is 3. The van der Waals surface area contributed by atoms with Gasteiger partial charge >= 0.3 is 0 Å². The van der Waals surface area contributed by atoms with Crippen molar-refractivity contribution in [2.45, 2.75) is 19.8 Å². The molecule has 6 heteroatoms. The Morgan fingerprint density at radius 2 is 1.68 bits per heavy atom. The summed E-state index contributed by atoms with van der Waals surface area (Å²) in [6, 6.07) is 17.1. The van der Waals surface area contributed by atoms with Crippen molar-refractivity contribution in [3.63, 3.8) is 0 Å². The van der Waals surface area contributed by atoms with Crippen molar-refractivity contribution < 1.29 is 13.2 Å². The van der Waals surface area contributed by atoms with E-state index in [4.69, 9.17) is 0 Å². The van der Waals surface area contributed by atoms with Crippen molar-refractivity contribution >= 4 is 21.6 Å². The smallest absolute Gasteiger partial charge is 0.240 e. The SMILES string of the molecule is CCc1ccccc1N(CC(=O)NCCc1ccccc1)S(C)(=O)=O. The Kier molecular flexibility index (Phi) is 6.58. The van der Waals surface area contributed by atoms with Crippen LogP contribution in [0.5, 0.6) is 0 Å². The Balaban J connectivity index is 2.03. The molecule has 5 nitrogen and oxygen atoms in total. The molecule has 0 aromatic heterocycles. The molecule has 2 aromatic carbocycles. The zero-order valence-corrected chi connectivity index (χ0v) is 15.4. The standard InChI is InChI=1S/C19H24N2O3S/c1-3-17-11-7-8-12-18(17)21(25(2,23)24)15-19(22)20-14-13-16-9-5-4-6-10-16/h4-12H,3,13-15H2,1-2H3,(H,20,22). The van der Waals surface area contributed by atoms with E-state index < -0.39 is 10.0 Å². The summed E-state index contributed by atoms with van der Waals surface area (Å²) in [5, 5.41) is 2.80. The lowest BCUT2D eigenvalue weighted by molar-refractivity contribution is -0.119. The molecule has 2 rings (SSSR count). The molecule has 0 aliphatic heterocycles. The Hall–Kier alpha value is -2.34. The maximum absolute atomic E-state index is 12.2. The van der Waals surface area contributed by atoms with E-state index in [2.05, 4.69) is 5.32 Å². The van der Waals surface area contributed by atoms with Crippen LogP contribution in [0.4, 0.5) is 5.69 Å². The minimum Gasteiger partial charge on any atom is -0.354 e. The fourth-order valence-corrected chi connectivity index (χ4v) is 3.50. The topological polar surface area (TPSA) is 66.5 Å². The number of amides is 1. The molecule has 0 aliphatic rings. The minimum atomic E-state index is -3.55. The Labute approximate surface area is 149 Å². The third-order valence-electron chi connectivity index (χ3n) is 3.91. The number of aryl methyl sites for hydroxylation is 1. The molecule has 1 amide bonds. The molecular weight excluding hydrogens is 336 g/mol. The first kappa shape index (κ1) is 19.0. The maximum atomic E-state index is 12.2. The van der Waals surface area contributed by atoms with Crippen LogP contribution in [-0.4, -0.2) is 33.7 Å². The van der Waals surface area contributed by atoms with Crippen LogP contribution in [0.2, 0.25) is 0 Å². The van der Waals surface area contributed by atoms with E-state index in [1.807, 2.05) is 49.4 Å². The number of nitrogens with zero attached hydrogens (tertiary/aromatic N) is 1. The second kappa shape index (κ2) is 8.67. The van der Waals surface area contributed by atoms with Crippen molar-refractivity contribution in [1.82, 2.24) is 5.32 Å². The third kappa shape index (κ3) is 5.60. The number of nitrogens with one attached hydrogen (secondary N) is 1. The number of para-hydroxylation sites is 1. The molecular formula is C19H24N2O3S.